The number of hydrogen-bond acceptors (Lipinski definition) is 23. The van der Waals surface area contributed by atoms with Crippen LogP contribution in [0.2, 0.25) is 0 Å². The fourth-order valence-electron chi connectivity index (χ4n) is 11.1. The van der Waals surface area contributed by atoms with Crippen molar-refractivity contribution in [1.29, 1.82) is 0 Å². The number of nitrogens with two attached hydrogens (primary N) is 1. The van der Waals surface area contributed by atoms with Crippen LogP contribution in [0.5, 0.6) is 34.5 Å². The fourth-order valence-corrected chi connectivity index (χ4v) is 11.1. The highest BCUT2D eigenvalue weighted by Gasteiger charge is 2.19. The lowest BCUT2D eigenvalue weighted by molar-refractivity contribution is 0.0960. The van der Waals surface area contributed by atoms with E-state index in [2.05, 4.69) is 77.0 Å². The second kappa shape index (κ2) is 35.7. The van der Waals surface area contributed by atoms with Gasteiger partial charge < -0.3 is 79.3 Å². The van der Waals surface area contributed by atoms with E-state index < -0.39 is 5.91 Å². The number of aromatic amines is 1. The summed E-state index contributed by atoms with van der Waals surface area (Å²) in [5.41, 5.74) is 18.0. The first-order valence-electron chi connectivity index (χ1n) is 32.9. The van der Waals surface area contributed by atoms with Gasteiger partial charge in [-0.3, -0.25) is 39.2 Å². The van der Waals surface area contributed by atoms with Gasteiger partial charge in [-0.25, -0.2) is 29.9 Å². The molecule has 31 nitrogen and oxygen atoms in total. The number of benzene rings is 5. The molecule has 5 aromatic carbocycles. The molecule has 0 aliphatic carbocycles. The number of nitrogens with zero attached hydrogens (tertiary/aromatic N) is 13. The zero-order valence-corrected chi connectivity index (χ0v) is 58.8. The lowest BCUT2D eigenvalue weighted by atomic mass is 10.1. The van der Waals surface area contributed by atoms with Gasteiger partial charge in [0.25, 0.3) is 17.7 Å². The summed E-state index contributed by atoms with van der Waals surface area (Å²) in [5.74, 6) is 3.80. The summed E-state index contributed by atoms with van der Waals surface area (Å²) in [7, 11) is 11.0. The number of methoxy groups -OCH3 is 6. The SMILES string of the molecule is C.C.C.CNC(=O)c1ccc(NC(=O)c2cncc(-c3cn4ccnc4c(Nc4ccc(OC)c(OC)c4)n3)c2)cc1.COc1ccc(Nc2nc(-c3cncc(C(=O)Nc4ccc(-c5cn[nH]c5)cc4)c3)cn3ccnc23)cc1OC.COc1ccc(Nc2nc(-c3cncc(C(N)=O)c3)cn3ccnc23)cc1OC. The highest BCUT2D eigenvalue weighted by atomic mass is 16.5. The molecule has 564 valence electrons. The minimum atomic E-state index is -0.549. The molecule has 0 saturated heterocycles. The number of rotatable bonds is 22. The second-order valence-electron chi connectivity index (χ2n) is 23.4. The average molecular weight is 1490 g/mol. The van der Waals surface area contributed by atoms with Crippen LogP contribution in [0.25, 0.3) is 61.8 Å². The molecule has 0 radical (unpaired) electrons. The predicted octanol–water partition coefficient (Wildman–Crippen LogP) is 13.9. The molecule has 111 heavy (non-hydrogen) atoms. The first-order valence-corrected chi connectivity index (χ1v) is 32.9. The number of nitrogens with one attached hydrogen (secondary N) is 7. The summed E-state index contributed by atoms with van der Waals surface area (Å²) in [5, 5.41) is 25.0. The molecule has 0 aliphatic rings. The van der Waals surface area contributed by atoms with Crippen molar-refractivity contribution in [2.45, 2.75) is 22.3 Å². The number of aromatic nitrogens is 14. The van der Waals surface area contributed by atoms with Gasteiger partial charge in [0, 0.05) is 181 Å². The molecule has 0 atom stereocenters. The minimum Gasteiger partial charge on any atom is -0.493 e. The normalized spacial score (nSPS) is 10.4. The van der Waals surface area contributed by atoms with Crippen molar-refractivity contribution in [2.24, 2.45) is 5.73 Å². The van der Waals surface area contributed by atoms with Crippen LogP contribution in [0.3, 0.4) is 0 Å². The van der Waals surface area contributed by atoms with E-state index in [-0.39, 0.29) is 40.0 Å². The lowest BCUT2D eigenvalue weighted by Crippen LogP contribution is -2.18. The van der Waals surface area contributed by atoms with Crippen molar-refractivity contribution in [1.82, 2.24) is 73.6 Å². The number of pyridine rings is 3. The molecule has 0 fully saturated rings. The lowest BCUT2D eigenvalue weighted by Gasteiger charge is -2.13. The number of carbonyl (C=O) groups is 4. The Hall–Kier alpha value is -15.3. The Morgan fingerprint density at radius 2 is 0.730 bits per heavy atom. The van der Waals surface area contributed by atoms with Gasteiger partial charge >= 0.3 is 0 Å². The Kier molecular flexibility index (Phi) is 25.2. The maximum Gasteiger partial charge on any atom is 0.257 e. The van der Waals surface area contributed by atoms with Crippen molar-refractivity contribution in [2.75, 3.05) is 76.3 Å². The number of carbonyl (C=O) groups excluding carboxylic acids is 4. The molecule has 15 aromatic rings. The Balaban J connectivity index is 0.000000177. The van der Waals surface area contributed by atoms with Gasteiger partial charge in [-0.15, -0.1) is 0 Å². The van der Waals surface area contributed by atoms with E-state index in [4.69, 9.17) is 44.1 Å². The third-order valence-corrected chi connectivity index (χ3v) is 16.6. The fraction of sp³-hybridized carbons (Fsp3) is 0.125. The van der Waals surface area contributed by atoms with Gasteiger partial charge in [0.2, 0.25) is 5.91 Å². The van der Waals surface area contributed by atoms with Crippen LogP contribution >= 0.6 is 0 Å². The molecule has 10 aromatic heterocycles. The standard InChI is InChI=1S/C29H24N8O3.C28H25N7O4.C20H18N6O3.3CH4/c1-39-25-8-7-23(12-26(25)40-2)34-27-28-31-9-10-37(28)17-24(36-27)19-11-20(14-30-13-19)29(38)35-22-5-3-18(4-6-22)21-15-32-33-16-21;1-29-27(36)17-4-6-20(7-5-17)33-28(37)19-12-18(14-30-15-19)22-16-35-11-10-31-26(35)25(34-22)32-21-8-9-23(38-2)24(13-21)39-3;1-28-16-4-3-14(8-17(16)29-2)24-19-20-23-5-6-26(20)11-15(25-19)12-7-13(18(21)27)10-22-9-12;;;/h3-17H,1-2H3,(H,32,33)(H,34,36)(H,35,38);4-16H,1-3H3,(H,29,36)(H,32,34)(H,33,37);3-11H,1-2H3,(H2,21,27)(H,24,25);3*1H4. The zero-order valence-electron chi connectivity index (χ0n) is 58.8. The number of H-pyrrole nitrogens is 1. The average Bonchev–Trinajstić information content (AvgIpc) is 1.75. The summed E-state index contributed by atoms with van der Waals surface area (Å²) in [4.78, 5) is 89.4. The summed E-state index contributed by atoms with van der Waals surface area (Å²) in [6.07, 6.45) is 28.9. The smallest absolute Gasteiger partial charge is 0.257 e. The van der Waals surface area contributed by atoms with Crippen molar-refractivity contribution >= 4 is 86.5 Å². The van der Waals surface area contributed by atoms with Crippen molar-refractivity contribution < 1.29 is 47.6 Å². The highest BCUT2D eigenvalue weighted by Crippen LogP contribution is 2.36. The number of primary amides is 1. The number of imidazole rings is 3. The summed E-state index contributed by atoms with van der Waals surface area (Å²) >= 11 is 0. The van der Waals surface area contributed by atoms with E-state index in [0.29, 0.717) is 136 Å². The Morgan fingerprint density at radius 1 is 0.378 bits per heavy atom. The third kappa shape index (κ3) is 18.0. The van der Waals surface area contributed by atoms with Gasteiger partial charge in [-0.1, -0.05) is 34.4 Å². The molecule has 0 unspecified atom stereocenters. The van der Waals surface area contributed by atoms with E-state index in [1.165, 1.54) is 18.6 Å². The van der Waals surface area contributed by atoms with Gasteiger partial charge in [0.05, 0.1) is 82.6 Å². The second-order valence-corrected chi connectivity index (χ2v) is 23.4. The molecule has 0 saturated carbocycles. The molecule has 10 heterocycles. The predicted molar refractivity (Wildman–Crippen MR) is 426 cm³/mol. The van der Waals surface area contributed by atoms with E-state index in [1.54, 1.807) is 154 Å². The van der Waals surface area contributed by atoms with Crippen LogP contribution in [0.1, 0.15) is 63.7 Å². The number of anilines is 8. The number of fused-ring (bicyclic) bond motifs is 3. The summed E-state index contributed by atoms with van der Waals surface area (Å²) in [6, 6.07) is 35.7. The monoisotopic (exact) mass is 1490 g/mol. The van der Waals surface area contributed by atoms with Gasteiger partial charge in [-0.05, 0) is 96.6 Å². The summed E-state index contributed by atoms with van der Waals surface area (Å²) < 4.78 is 37.7. The number of ether oxygens (including phenoxy) is 6. The van der Waals surface area contributed by atoms with Crippen LogP contribution in [0.15, 0.2) is 227 Å². The molecule has 4 amide bonds. The molecule has 15 rings (SSSR count). The van der Waals surface area contributed by atoms with Crippen molar-refractivity contribution in [3.8, 4) is 79.4 Å². The molecular formula is C80H79N21O10. The van der Waals surface area contributed by atoms with E-state index >= 15 is 0 Å². The maximum atomic E-state index is 13.1. The Bertz CT molecular complexity index is 5770. The molecular weight excluding hydrogens is 1420 g/mol. The molecule has 0 bridgehead atoms. The van der Waals surface area contributed by atoms with Crippen LogP contribution < -0.4 is 66.1 Å². The van der Waals surface area contributed by atoms with E-state index in [0.717, 1.165) is 28.2 Å². The van der Waals surface area contributed by atoms with Gasteiger partial charge in [-0.2, -0.15) is 5.10 Å². The van der Waals surface area contributed by atoms with Crippen molar-refractivity contribution in [3.05, 3.63) is 249 Å². The van der Waals surface area contributed by atoms with Crippen LogP contribution in [-0.4, -0.2) is 142 Å². The topological polar surface area (TPSA) is 380 Å². The van der Waals surface area contributed by atoms with Crippen molar-refractivity contribution in [3.63, 3.8) is 0 Å². The minimum absolute atomic E-state index is 0. The van der Waals surface area contributed by atoms with Crippen LogP contribution in [0.4, 0.5) is 45.9 Å². The van der Waals surface area contributed by atoms with Gasteiger partial charge in [0.1, 0.15) is 0 Å². The quantitative estimate of drug-likeness (QED) is 0.0312. The first-order chi connectivity index (χ1) is 52.7. The molecule has 0 aliphatic heterocycles. The maximum absolute atomic E-state index is 13.1. The number of hydrogen-bond donors (Lipinski definition) is 8. The molecule has 0 spiro atoms. The van der Waals surface area contributed by atoms with Crippen LogP contribution in [-0.2, 0) is 0 Å². The zero-order chi connectivity index (χ0) is 75.2. The van der Waals surface area contributed by atoms with E-state index in [9.17, 15) is 19.2 Å². The Labute approximate surface area is 637 Å². The Morgan fingerprint density at radius 3 is 1.07 bits per heavy atom. The summed E-state index contributed by atoms with van der Waals surface area (Å²) in [6.45, 7) is 0. The third-order valence-electron chi connectivity index (χ3n) is 16.6. The first kappa shape index (κ1) is 78.3. The van der Waals surface area contributed by atoms with Gasteiger partial charge in [0.15, 0.2) is 68.9 Å². The number of amides is 4. The van der Waals surface area contributed by atoms with Crippen LogP contribution in [0, 0.1) is 0 Å². The van der Waals surface area contributed by atoms with E-state index in [1.807, 2.05) is 117 Å². The highest BCUT2D eigenvalue weighted by molar-refractivity contribution is 6.06. The largest absolute Gasteiger partial charge is 0.493 e. The molecule has 9 N–H and O–H groups in total. The molecule has 31 heteroatoms.